The number of rotatable bonds is 60. The van der Waals surface area contributed by atoms with Crippen LogP contribution in [0.4, 0.5) is 0 Å². The second-order valence-electron chi connectivity index (χ2n) is 22.0. The summed E-state index contributed by atoms with van der Waals surface area (Å²) in [5.41, 5.74) is 0. The average molecular weight is 1060 g/mol. The maximum atomic E-state index is 12.8. The number of esters is 3. The fourth-order valence-electron chi connectivity index (χ4n) is 9.57. The van der Waals surface area contributed by atoms with Crippen molar-refractivity contribution in [1.29, 1.82) is 0 Å². The van der Waals surface area contributed by atoms with Gasteiger partial charge in [-0.25, -0.2) is 0 Å². The van der Waals surface area contributed by atoms with E-state index in [1.807, 2.05) is 0 Å². The molecule has 440 valence electrons. The topological polar surface area (TPSA) is 78.9 Å². The van der Waals surface area contributed by atoms with Gasteiger partial charge in [-0.2, -0.15) is 0 Å². The van der Waals surface area contributed by atoms with Crippen LogP contribution in [0.5, 0.6) is 0 Å². The van der Waals surface area contributed by atoms with Crippen LogP contribution in [0.3, 0.4) is 0 Å². The zero-order chi connectivity index (χ0) is 55.0. The summed E-state index contributed by atoms with van der Waals surface area (Å²) in [5.74, 6) is -0.851. The highest BCUT2D eigenvalue weighted by molar-refractivity contribution is 5.71. The molecule has 0 bridgehead atoms. The molecule has 1 atom stereocenters. The Bertz CT molecular complexity index is 1400. The first-order chi connectivity index (χ1) is 37.5. The predicted molar refractivity (Wildman–Crippen MR) is 330 cm³/mol. The van der Waals surface area contributed by atoms with Crippen molar-refractivity contribution in [2.75, 3.05) is 13.2 Å². The van der Waals surface area contributed by atoms with E-state index in [0.717, 1.165) is 96.3 Å². The van der Waals surface area contributed by atoms with Gasteiger partial charge in [0, 0.05) is 19.3 Å². The van der Waals surface area contributed by atoms with Crippen molar-refractivity contribution in [3.63, 3.8) is 0 Å². The molecule has 0 rings (SSSR count). The molecule has 6 nitrogen and oxygen atoms in total. The quantitative estimate of drug-likeness (QED) is 0.0261. The van der Waals surface area contributed by atoms with E-state index in [1.165, 1.54) is 199 Å². The summed E-state index contributed by atoms with van der Waals surface area (Å²) in [4.78, 5) is 38.1. The monoisotopic (exact) mass is 1060 g/mol. The van der Waals surface area contributed by atoms with Crippen LogP contribution in [0, 0.1) is 0 Å². The fraction of sp³-hybridized carbons (Fsp3) is 0.786. The Morgan fingerprint density at radius 1 is 0.276 bits per heavy atom. The smallest absolute Gasteiger partial charge is 0.306 e. The van der Waals surface area contributed by atoms with Crippen LogP contribution >= 0.6 is 0 Å². The molecule has 0 aliphatic heterocycles. The summed E-state index contributed by atoms with van der Waals surface area (Å²) >= 11 is 0. The zero-order valence-electron chi connectivity index (χ0n) is 50.5. The second kappa shape index (κ2) is 64.4. The molecule has 0 saturated carbocycles. The number of unbranched alkanes of at least 4 members (excludes halogenated alkanes) is 37. The molecule has 0 aromatic heterocycles. The van der Waals surface area contributed by atoms with E-state index < -0.39 is 6.10 Å². The molecule has 0 radical (unpaired) electrons. The maximum absolute atomic E-state index is 12.8. The number of hydrogen-bond acceptors (Lipinski definition) is 6. The van der Waals surface area contributed by atoms with Gasteiger partial charge in [0.05, 0.1) is 0 Å². The van der Waals surface area contributed by atoms with Gasteiger partial charge in [-0.15, -0.1) is 0 Å². The summed E-state index contributed by atoms with van der Waals surface area (Å²) in [7, 11) is 0. The summed E-state index contributed by atoms with van der Waals surface area (Å²) < 4.78 is 16.9. The standard InChI is InChI=1S/C70H124O6/c1-4-7-10-13-16-19-22-24-25-26-27-28-29-30-31-32-33-34-35-36-37-38-39-40-41-42-43-44-45-46-49-51-54-57-60-63-69(72)75-66-67(65-74-68(71)62-59-56-53-50-47-21-18-15-12-9-6-3)76-70(73)64-61-58-55-52-48-23-20-17-14-11-8-5-2/h7,10,16,19,24-25,27-28,30-31,33-34,67H,4-6,8-9,11-15,17-18,20-23,26,29,32,35-66H2,1-3H3/b10-7-,19-16-,25-24-,28-27-,31-30-,34-33-. The summed E-state index contributed by atoms with van der Waals surface area (Å²) in [6, 6.07) is 0. The number of ether oxygens (including phenoxy) is 3. The van der Waals surface area contributed by atoms with Crippen molar-refractivity contribution in [3.8, 4) is 0 Å². The summed E-state index contributed by atoms with van der Waals surface area (Å²) in [6.07, 6.45) is 83.6. The third-order valence-corrected chi connectivity index (χ3v) is 14.5. The lowest BCUT2D eigenvalue weighted by Gasteiger charge is -2.18. The maximum Gasteiger partial charge on any atom is 0.306 e. The SMILES string of the molecule is CC/C=C\C/C=C\C/C=C\C/C=C\C/C=C\C/C=C\CCCCCCCCCCCCCCCCCCC(=O)OCC(COC(=O)CCCCCCCCCCCCC)OC(=O)CCCCCCCCCCCCCC. The largest absolute Gasteiger partial charge is 0.462 e. The molecule has 0 fully saturated rings. The number of carbonyl (C=O) groups is 3. The van der Waals surface area contributed by atoms with Gasteiger partial charge in [0.2, 0.25) is 0 Å². The van der Waals surface area contributed by atoms with Crippen LogP contribution in [-0.2, 0) is 28.6 Å². The molecule has 0 aliphatic rings. The molecule has 0 N–H and O–H groups in total. The van der Waals surface area contributed by atoms with Gasteiger partial charge in [-0.05, 0) is 70.6 Å². The van der Waals surface area contributed by atoms with Crippen LogP contribution in [0.25, 0.3) is 0 Å². The van der Waals surface area contributed by atoms with Crippen LogP contribution in [-0.4, -0.2) is 37.2 Å². The Balaban J connectivity index is 4.04. The Morgan fingerprint density at radius 3 is 0.803 bits per heavy atom. The highest BCUT2D eigenvalue weighted by Gasteiger charge is 2.19. The highest BCUT2D eigenvalue weighted by Crippen LogP contribution is 2.17. The number of allylic oxidation sites excluding steroid dienone is 12. The van der Waals surface area contributed by atoms with Gasteiger partial charge in [-0.3, -0.25) is 14.4 Å². The van der Waals surface area contributed by atoms with Crippen LogP contribution in [0.2, 0.25) is 0 Å². The molecule has 76 heavy (non-hydrogen) atoms. The first-order valence-electron chi connectivity index (χ1n) is 32.9. The normalized spacial score (nSPS) is 12.5. The van der Waals surface area contributed by atoms with Crippen molar-refractivity contribution in [1.82, 2.24) is 0 Å². The predicted octanol–water partition coefficient (Wildman–Crippen LogP) is 22.5. The van der Waals surface area contributed by atoms with Gasteiger partial charge >= 0.3 is 17.9 Å². The molecule has 0 aromatic carbocycles. The van der Waals surface area contributed by atoms with E-state index in [0.29, 0.717) is 19.3 Å². The number of hydrogen-bond donors (Lipinski definition) is 0. The molecular formula is C70H124O6. The van der Waals surface area contributed by atoms with Gasteiger partial charge < -0.3 is 14.2 Å². The lowest BCUT2D eigenvalue weighted by atomic mass is 10.0. The fourth-order valence-corrected chi connectivity index (χ4v) is 9.57. The lowest BCUT2D eigenvalue weighted by Crippen LogP contribution is -2.30. The van der Waals surface area contributed by atoms with Gasteiger partial charge in [-0.1, -0.05) is 318 Å². The number of carbonyl (C=O) groups excluding carboxylic acids is 3. The molecule has 0 amide bonds. The van der Waals surface area contributed by atoms with Crippen LogP contribution in [0.15, 0.2) is 72.9 Å². The van der Waals surface area contributed by atoms with Crippen molar-refractivity contribution in [2.45, 2.75) is 341 Å². The molecule has 0 spiro atoms. The minimum atomic E-state index is -0.768. The van der Waals surface area contributed by atoms with E-state index in [1.54, 1.807) is 0 Å². The zero-order valence-corrected chi connectivity index (χ0v) is 50.5. The Labute approximate surface area is 472 Å². The summed E-state index contributed by atoms with van der Waals surface area (Å²) in [5, 5.41) is 0. The minimum Gasteiger partial charge on any atom is -0.462 e. The van der Waals surface area contributed by atoms with Crippen LogP contribution in [0.1, 0.15) is 335 Å². The summed E-state index contributed by atoms with van der Waals surface area (Å²) in [6.45, 7) is 6.55. The first kappa shape index (κ1) is 72.8. The van der Waals surface area contributed by atoms with E-state index in [-0.39, 0.29) is 31.1 Å². The van der Waals surface area contributed by atoms with E-state index in [9.17, 15) is 14.4 Å². The molecule has 0 saturated heterocycles. The van der Waals surface area contributed by atoms with Crippen molar-refractivity contribution >= 4 is 17.9 Å². The third-order valence-electron chi connectivity index (χ3n) is 14.5. The minimum absolute atomic E-state index is 0.0678. The highest BCUT2D eigenvalue weighted by atomic mass is 16.6. The Hall–Kier alpha value is -3.15. The average Bonchev–Trinajstić information content (AvgIpc) is 3.42. The van der Waals surface area contributed by atoms with Gasteiger partial charge in [0.25, 0.3) is 0 Å². The molecule has 0 aliphatic carbocycles. The molecule has 0 aromatic rings. The second-order valence-corrected chi connectivity index (χ2v) is 22.0. The molecule has 6 heteroatoms. The molecule has 0 heterocycles. The van der Waals surface area contributed by atoms with Gasteiger partial charge in [0.15, 0.2) is 6.10 Å². The van der Waals surface area contributed by atoms with Crippen LogP contribution < -0.4 is 0 Å². The van der Waals surface area contributed by atoms with Crippen molar-refractivity contribution in [3.05, 3.63) is 72.9 Å². The first-order valence-corrected chi connectivity index (χ1v) is 32.9. The Morgan fingerprint density at radius 2 is 0.513 bits per heavy atom. The van der Waals surface area contributed by atoms with E-state index in [2.05, 4.69) is 93.7 Å². The third kappa shape index (κ3) is 61.7. The molecular weight excluding hydrogens is 937 g/mol. The van der Waals surface area contributed by atoms with E-state index >= 15 is 0 Å². The molecule has 1 unspecified atom stereocenters. The lowest BCUT2D eigenvalue weighted by molar-refractivity contribution is -0.167. The van der Waals surface area contributed by atoms with Crippen molar-refractivity contribution < 1.29 is 28.6 Å². The van der Waals surface area contributed by atoms with Gasteiger partial charge in [0.1, 0.15) is 13.2 Å². The van der Waals surface area contributed by atoms with E-state index in [4.69, 9.17) is 14.2 Å². The Kier molecular flexibility index (Phi) is 61.7. The van der Waals surface area contributed by atoms with Crippen molar-refractivity contribution in [2.24, 2.45) is 0 Å².